The fourth-order valence-corrected chi connectivity index (χ4v) is 1.21. The van der Waals surface area contributed by atoms with Gasteiger partial charge in [0.2, 0.25) is 0 Å². The van der Waals surface area contributed by atoms with E-state index in [0.29, 0.717) is 5.56 Å². The Labute approximate surface area is 78.0 Å². The molecule has 1 atom stereocenters. The fourth-order valence-electron chi connectivity index (χ4n) is 0.907. The second-order valence-electron chi connectivity index (χ2n) is 2.35. The van der Waals surface area contributed by atoms with Crippen molar-refractivity contribution >= 4 is 17.1 Å². The summed E-state index contributed by atoms with van der Waals surface area (Å²) in [6.45, 7) is 1.36. The molecule has 0 spiro atoms. The molecule has 0 fully saturated rings. The van der Waals surface area contributed by atoms with Gasteiger partial charge in [-0.25, -0.2) is 0 Å². The van der Waals surface area contributed by atoms with Gasteiger partial charge < -0.3 is 4.18 Å². The molecule has 4 nitrogen and oxygen atoms in total. The lowest BCUT2D eigenvalue weighted by Gasteiger charge is -2.03. The van der Waals surface area contributed by atoms with Gasteiger partial charge in [0.15, 0.2) is 11.5 Å². The van der Waals surface area contributed by atoms with Gasteiger partial charge in [-0.05, 0) is 19.1 Å². The Morgan fingerprint density at radius 2 is 2.08 bits per heavy atom. The molecule has 1 unspecified atom stereocenters. The first-order valence-electron chi connectivity index (χ1n) is 3.50. The highest BCUT2D eigenvalue weighted by molar-refractivity contribution is 7.74. The number of Topliss-reactive ketones (excluding diaryl/α,β-unsaturated/α-hetero) is 1. The molecule has 0 aliphatic heterocycles. The summed E-state index contributed by atoms with van der Waals surface area (Å²) in [4.78, 5) is 11.0. The van der Waals surface area contributed by atoms with Crippen molar-refractivity contribution in [1.82, 2.24) is 0 Å². The Morgan fingerprint density at radius 3 is 2.62 bits per heavy atom. The monoisotopic (exact) mass is 200 g/mol. The summed E-state index contributed by atoms with van der Waals surface area (Å²) in [5, 5.41) is 0. The van der Waals surface area contributed by atoms with Crippen LogP contribution in [0.1, 0.15) is 17.3 Å². The number of rotatable bonds is 3. The molecule has 0 aliphatic carbocycles. The summed E-state index contributed by atoms with van der Waals surface area (Å²) in [5.74, 6) is -0.0862. The molecule has 0 amide bonds. The maximum absolute atomic E-state index is 11.0. The Bertz CT molecular complexity index is 348. The van der Waals surface area contributed by atoms with Crippen molar-refractivity contribution in [3.05, 3.63) is 29.8 Å². The van der Waals surface area contributed by atoms with Crippen LogP contribution >= 0.6 is 0 Å². The molecule has 0 saturated carbocycles. The first-order chi connectivity index (χ1) is 6.11. The van der Waals surface area contributed by atoms with Crippen molar-refractivity contribution in [1.29, 1.82) is 0 Å². The van der Waals surface area contributed by atoms with Gasteiger partial charge in [-0.15, -0.1) is 0 Å². The van der Waals surface area contributed by atoms with Gasteiger partial charge in [0.05, 0.1) is 5.56 Å². The van der Waals surface area contributed by atoms with E-state index in [1.165, 1.54) is 19.1 Å². The molecule has 1 aromatic carbocycles. The molecule has 70 valence electrons. The van der Waals surface area contributed by atoms with Crippen LogP contribution in [0.15, 0.2) is 24.3 Å². The van der Waals surface area contributed by atoms with E-state index in [9.17, 15) is 9.00 Å². The minimum atomic E-state index is -2.40. The minimum Gasteiger partial charge on any atom is -0.379 e. The zero-order valence-electron chi connectivity index (χ0n) is 6.89. The maximum atomic E-state index is 11.0. The Balaban J connectivity index is 3.04. The van der Waals surface area contributed by atoms with E-state index in [1.807, 2.05) is 0 Å². The lowest BCUT2D eigenvalue weighted by molar-refractivity contribution is 0.101. The molecule has 0 aliphatic rings. The summed E-state index contributed by atoms with van der Waals surface area (Å²) >= 11 is -2.40. The predicted molar refractivity (Wildman–Crippen MR) is 47.8 cm³/mol. The molecular formula is C8H8O4S. The second kappa shape index (κ2) is 4.15. The van der Waals surface area contributed by atoms with Crippen LogP contribution in [0.4, 0.5) is 0 Å². The molecule has 0 aromatic heterocycles. The van der Waals surface area contributed by atoms with Crippen molar-refractivity contribution in [3.8, 4) is 5.75 Å². The maximum Gasteiger partial charge on any atom is 0.357 e. The van der Waals surface area contributed by atoms with E-state index >= 15 is 0 Å². The van der Waals surface area contributed by atoms with Crippen LogP contribution < -0.4 is 4.18 Å². The minimum absolute atomic E-state index is 0.121. The third-order valence-electron chi connectivity index (χ3n) is 1.43. The summed E-state index contributed by atoms with van der Waals surface area (Å²) in [6, 6.07) is 6.27. The first kappa shape index (κ1) is 9.88. The van der Waals surface area contributed by atoms with Gasteiger partial charge in [0.1, 0.15) is 0 Å². The van der Waals surface area contributed by atoms with Gasteiger partial charge in [-0.1, -0.05) is 12.1 Å². The van der Waals surface area contributed by atoms with E-state index < -0.39 is 11.4 Å². The van der Waals surface area contributed by atoms with Crippen LogP contribution in [0.3, 0.4) is 0 Å². The standard InChI is InChI=1S/C8H8O4S/c1-6(9)7-4-2-3-5-8(7)12-13(10)11/h2-5H,1H3,(H,10,11). The average molecular weight is 200 g/mol. The normalized spacial score (nSPS) is 12.2. The van der Waals surface area contributed by atoms with Gasteiger partial charge in [0.25, 0.3) is 0 Å². The average Bonchev–Trinajstić information content (AvgIpc) is 2.03. The van der Waals surface area contributed by atoms with Crippen molar-refractivity contribution in [3.63, 3.8) is 0 Å². The third-order valence-corrected chi connectivity index (χ3v) is 1.75. The highest BCUT2D eigenvalue weighted by Gasteiger charge is 2.08. The number of carbonyl (C=O) groups excluding carboxylic acids is 1. The van der Waals surface area contributed by atoms with Crippen LogP contribution in [0.5, 0.6) is 5.75 Å². The lowest BCUT2D eigenvalue weighted by Crippen LogP contribution is -2.02. The number of hydrogen-bond acceptors (Lipinski definition) is 3. The van der Waals surface area contributed by atoms with Crippen molar-refractivity contribution in [2.24, 2.45) is 0 Å². The number of para-hydroxylation sites is 1. The quantitative estimate of drug-likeness (QED) is 0.591. The number of hydrogen-bond donors (Lipinski definition) is 1. The molecule has 0 radical (unpaired) electrons. The summed E-state index contributed by atoms with van der Waals surface area (Å²) in [7, 11) is 0. The fraction of sp³-hybridized carbons (Fsp3) is 0.125. The highest BCUT2D eigenvalue weighted by atomic mass is 32.2. The summed E-state index contributed by atoms with van der Waals surface area (Å²) in [5.41, 5.74) is 0.296. The van der Waals surface area contributed by atoms with Crippen molar-refractivity contribution in [2.75, 3.05) is 0 Å². The molecule has 0 saturated heterocycles. The summed E-state index contributed by atoms with van der Waals surface area (Å²) < 4.78 is 23.3. The van der Waals surface area contributed by atoms with Crippen LogP contribution in [-0.4, -0.2) is 14.5 Å². The molecule has 13 heavy (non-hydrogen) atoms. The van der Waals surface area contributed by atoms with E-state index in [0.717, 1.165) is 0 Å². The third kappa shape index (κ3) is 2.64. The Kier molecular flexibility index (Phi) is 3.16. The summed E-state index contributed by atoms with van der Waals surface area (Å²) in [6.07, 6.45) is 0. The van der Waals surface area contributed by atoms with Gasteiger partial charge in [-0.2, -0.15) is 4.21 Å². The number of ketones is 1. The van der Waals surface area contributed by atoms with Gasteiger partial charge in [-0.3, -0.25) is 9.35 Å². The molecule has 0 bridgehead atoms. The predicted octanol–water partition coefficient (Wildman–Crippen LogP) is 1.40. The van der Waals surface area contributed by atoms with Gasteiger partial charge in [0, 0.05) is 0 Å². The van der Waals surface area contributed by atoms with E-state index in [1.54, 1.807) is 12.1 Å². The topological polar surface area (TPSA) is 63.6 Å². The second-order valence-corrected chi connectivity index (χ2v) is 2.95. The molecule has 1 aromatic rings. The molecule has 5 heteroatoms. The zero-order valence-corrected chi connectivity index (χ0v) is 7.71. The molecule has 1 rings (SSSR count). The molecule has 1 N–H and O–H groups in total. The molecular weight excluding hydrogens is 192 g/mol. The Hall–Kier alpha value is -1.20. The van der Waals surface area contributed by atoms with E-state index in [4.69, 9.17) is 4.55 Å². The van der Waals surface area contributed by atoms with Gasteiger partial charge >= 0.3 is 11.4 Å². The van der Waals surface area contributed by atoms with Crippen LogP contribution in [0.25, 0.3) is 0 Å². The van der Waals surface area contributed by atoms with Crippen LogP contribution in [-0.2, 0) is 11.4 Å². The SMILES string of the molecule is CC(=O)c1ccccc1OS(=O)O. The zero-order chi connectivity index (χ0) is 9.84. The van der Waals surface area contributed by atoms with Crippen molar-refractivity contribution < 1.29 is 17.7 Å². The Morgan fingerprint density at radius 1 is 1.46 bits per heavy atom. The largest absolute Gasteiger partial charge is 0.379 e. The van der Waals surface area contributed by atoms with Crippen LogP contribution in [0.2, 0.25) is 0 Å². The smallest absolute Gasteiger partial charge is 0.357 e. The molecule has 0 heterocycles. The van der Waals surface area contributed by atoms with E-state index in [-0.39, 0.29) is 11.5 Å². The highest BCUT2D eigenvalue weighted by Crippen LogP contribution is 2.18. The first-order valence-corrected chi connectivity index (χ1v) is 4.53. The lowest BCUT2D eigenvalue weighted by atomic mass is 10.1. The number of benzene rings is 1. The van der Waals surface area contributed by atoms with Crippen molar-refractivity contribution in [2.45, 2.75) is 6.92 Å². The number of carbonyl (C=O) groups is 1. The van der Waals surface area contributed by atoms with Crippen LogP contribution in [0, 0.1) is 0 Å². The van der Waals surface area contributed by atoms with E-state index in [2.05, 4.69) is 4.18 Å².